The molecular formula is C21H28N6. The molecule has 5 rings (SSSR count). The van der Waals surface area contributed by atoms with Gasteiger partial charge in [-0.05, 0) is 57.0 Å². The Kier molecular flexibility index (Phi) is 4.52. The molecule has 0 aromatic carbocycles. The summed E-state index contributed by atoms with van der Waals surface area (Å²) in [5.74, 6) is 0.859. The molecule has 1 spiro atoms. The first kappa shape index (κ1) is 17.0. The second-order valence-electron chi connectivity index (χ2n) is 8.51. The maximum Gasteiger partial charge on any atom is 0.225 e. The van der Waals surface area contributed by atoms with Gasteiger partial charge in [0.1, 0.15) is 6.33 Å². The van der Waals surface area contributed by atoms with E-state index in [9.17, 15) is 0 Å². The molecule has 6 heteroatoms. The second-order valence-corrected chi connectivity index (χ2v) is 8.51. The third kappa shape index (κ3) is 3.43. The van der Waals surface area contributed by atoms with Crippen molar-refractivity contribution in [1.29, 1.82) is 0 Å². The van der Waals surface area contributed by atoms with Crippen LogP contribution in [0.5, 0.6) is 0 Å². The highest BCUT2D eigenvalue weighted by atomic mass is 15.3. The molecule has 2 aliphatic heterocycles. The lowest BCUT2D eigenvalue weighted by atomic mass is 9.70. The number of piperidine rings is 2. The van der Waals surface area contributed by atoms with E-state index in [1.165, 1.54) is 58.0 Å². The fourth-order valence-electron chi connectivity index (χ4n) is 4.88. The van der Waals surface area contributed by atoms with Crippen LogP contribution in [0.1, 0.15) is 44.9 Å². The van der Waals surface area contributed by atoms with Crippen molar-refractivity contribution in [2.45, 2.75) is 51.0 Å². The Labute approximate surface area is 161 Å². The van der Waals surface area contributed by atoms with Gasteiger partial charge in [0.25, 0.3) is 0 Å². The van der Waals surface area contributed by atoms with Crippen molar-refractivity contribution in [3.05, 3.63) is 31.1 Å². The minimum absolute atomic E-state index is 0.568. The van der Waals surface area contributed by atoms with Gasteiger partial charge in [0.15, 0.2) is 0 Å². The normalized spacial score (nSPS) is 23.3. The van der Waals surface area contributed by atoms with Crippen molar-refractivity contribution in [2.24, 2.45) is 5.41 Å². The lowest BCUT2D eigenvalue weighted by Crippen LogP contribution is -2.51. The van der Waals surface area contributed by atoms with Gasteiger partial charge in [-0.25, -0.2) is 19.9 Å². The van der Waals surface area contributed by atoms with E-state index in [4.69, 9.17) is 0 Å². The van der Waals surface area contributed by atoms with Crippen molar-refractivity contribution in [3.8, 4) is 11.1 Å². The molecule has 142 valence electrons. The number of nitrogens with zero attached hydrogens (tertiary/aromatic N) is 6. The fraction of sp³-hybridized carbons (Fsp3) is 0.619. The second kappa shape index (κ2) is 7.15. The van der Waals surface area contributed by atoms with Crippen LogP contribution in [-0.4, -0.2) is 57.1 Å². The Morgan fingerprint density at radius 3 is 1.96 bits per heavy atom. The molecule has 0 bridgehead atoms. The van der Waals surface area contributed by atoms with Crippen LogP contribution < -0.4 is 4.90 Å². The van der Waals surface area contributed by atoms with Crippen molar-refractivity contribution in [2.75, 3.05) is 31.1 Å². The average Bonchev–Trinajstić information content (AvgIpc) is 2.70. The predicted molar refractivity (Wildman–Crippen MR) is 105 cm³/mol. The number of anilines is 1. The molecular weight excluding hydrogens is 336 g/mol. The van der Waals surface area contributed by atoms with Gasteiger partial charge >= 0.3 is 0 Å². The first-order chi connectivity index (χ1) is 13.3. The average molecular weight is 364 g/mol. The van der Waals surface area contributed by atoms with E-state index in [1.807, 2.05) is 12.4 Å². The monoisotopic (exact) mass is 364 g/mol. The summed E-state index contributed by atoms with van der Waals surface area (Å²) < 4.78 is 0. The smallest absolute Gasteiger partial charge is 0.225 e. The van der Waals surface area contributed by atoms with E-state index < -0.39 is 0 Å². The highest BCUT2D eigenvalue weighted by Gasteiger charge is 2.40. The standard InChI is InChI=1S/C21H28N6/c1-2-19(3-1)26-8-4-21(5-9-26)6-10-27(11-7-21)20-24-14-18(15-25-20)17-12-22-16-23-13-17/h12-16,19H,1-11H2. The molecule has 0 radical (unpaired) electrons. The molecule has 0 N–H and O–H groups in total. The third-order valence-electron chi connectivity index (χ3n) is 7.09. The molecule has 2 aromatic rings. The lowest BCUT2D eigenvalue weighted by molar-refractivity contribution is 0.0304. The zero-order chi connectivity index (χ0) is 18.1. The fourth-order valence-corrected chi connectivity index (χ4v) is 4.88. The molecule has 3 aliphatic rings. The Morgan fingerprint density at radius 2 is 1.37 bits per heavy atom. The van der Waals surface area contributed by atoms with E-state index >= 15 is 0 Å². The largest absolute Gasteiger partial charge is 0.341 e. The lowest BCUT2D eigenvalue weighted by Gasteiger charge is -2.49. The van der Waals surface area contributed by atoms with Gasteiger partial charge in [0.05, 0.1) is 0 Å². The predicted octanol–water partition coefficient (Wildman–Crippen LogP) is 3.17. The van der Waals surface area contributed by atoms with Gasteiger partial charge in [-0.2, -0.15) is 0 Å². The number of likely N-dealkylation sites (tertiary alicyclic amines) is 1. The first-order valence-electron chi connectivity index (χ1n) is 10.4. The minimum Gasteiger partial charge on any atom is -0.341 e. The molecule has 6 nitrogen and oxygen atoms in total. The molecule has 0 amide bonds. The van der Waals surface area contributed by atoms with Crippen molar-refractivity contribution in [1.82, 2.24) is 24.8 Å². The summed E-state index contributed by atoms with van der Waals surface area (Å²) in [4.78, 5) is 22.5. The molecule has 4 heterocycles. The zero-order valence-electron chi connectivity index (χ0n) is 15.9. The van der Waals surface area contributed by atoms with Gasteiger partial charge in [-0.1, -0.05) is 6.42 Å². The van der Waals surface area contributed by atoms with Crippen LogP contribution >= 0.6 is 0 Å². The van der Waals surface area contributed by atoms with Crippen LogP contribution in [0.3, 0.4) is 0 Å². The van der Waals surface area contributed by atoms with Crippen LogP contribution in [0, 0.1) is 5.41 Å². The minimum atomic E-state index is 0.568. The van der Waals surface area contributed by atoms with E-state index in [-0.39, 0.29) is 0 Å². The molecule has 1 saturated carbocycles. The summed E-state index contributed by atoms with van der Waals surface area (Å²) >= 11 is 0. The summed E-state index contributed by atoms with van der Waals surface area (Å²) in [6.07, 6.45) is 18.5. The molecule has 0 atom stereocenters. The quantitative estimate of drug-likeness (QED) is 0.834. The van der Waals surface area contributed by atoms with Gasteiger partial charge in [0.2, 0.25) is 5.95 Å². The molecule has 2 saturated heterocycles. The molecule has 3 fully saturated rings. The molecule has 0 unspecified atom stereocenters. The van der Waals surface area contributed by atoms with Crippen molar-refractivity contribution in [3.63, 3.8) is 0 Å². The van der Waals surface area contributed by atoms with Crippen LogP contribution in [0.4, 0.5) is 5.95 Å². The maximum atomic E-state index is 4.62. The van der Waals surface area contributed by atoms with Crippen LogP contribution in [-0.2, 0) is 0 Å². The molecule has 1 aliphatic carbocycles. The summed E-state index contributed by atoms with van der Waals surface area (Å²) in [5.41, 5.74) is 2.49. The van der Waals surface area contributed by atoms with E-state index in [0.29, 0.717) is 5.41 Å². The number of aromatic nitrogens is 4. The van der Waals surface area contributed by atoms with E-state index in [0.717, 1.165) is 36.2 Å². The zero-order valence-corrected chi connectivity index (χ0v) is 15.9. The van der Waals surface area contributed by atoms with Crippen molar-refractivity contribution < 1.29 is 0 Å². The summed E-state index contributed by atoms with van der Waals surface area (Å²) in [5, 5.41) is 0. The van der Waals surface area contributed by atoms with E-state index in [2.05, 4.69) is 29.7 Å². The SMILES string of the molecule is c1ncc(-c2cnc(N3CCC4(CC3)CCN(C3CCC3)CC4)nc2)cn1. The Hall–Kier alpha value is -2.08. The van der Waals surface area contributed by atoms with Crippen LogP contribution in [0.2, 0.25) is 0 Å². The molecule has 27 heavy (non-hydrogen) atoms. The van der Waals surface area contributed by atoms with Gasteiger partial charge < -0.3 is 9.80 Å². The highest BCUT2D eigenvalue weighted by molar-refractivity contribution is 5.59. The number of hydrogen-bond acceptors (Lipinski definition) is 6. The summed E-state index contributed by atoms with van der Waals surface area (Å²) in [7, 11) is 0. The third-order valence-corrected chi connectivity index (χ3v) is 7.09. The Balaban J connectivity index is 1.18. The van der Waals surface area contributed by atoms with Crippen LogP contribution in [0.25, 0.3) is 11.1 Å². The van der Waals surface area contributed by atoms with Crippen LogP contribution in [0.15, 0.2) is 31.1 Å². The van der Waals surface area contributed by atoms with Gasteiger partial charge in [-0.3, -0.25) is 0 Å². The van der Waals surface area contributed by atoms with Crippen molar-refractivity contribution >= 4 is 5.95 Å². The Bertz CT molecular complexity index is 740. The number of rotatable bonds is 3. The first-order valence-corrected chi connectivity index (χ1v) is 10.4. The van der Waals surface area contributed by atoms with Gasteiger partial charge in [0, 0.05) is 55.0 Å². The maximum absolute atomic E-state index is 4.62. The van der Waals surface area contributed by atoms with Gasteiger partial charge in [-0.15, -0.1) is 0 Å². The highest BCUT2D eigenvalue weighted by Crippen LogP contribution is 2.43. The Morgan fingerprint density at radius 1 is 0.778 bits per heavy atom. The summed E-state index contributed by atoms with van der Waals surface area (Å²) in [6, 6.07) is 0.907. The number of hydrogen-bond donors (Lipinski definition) is 0. The molecule has 2 aromatic heterocycles. The topological polar surface area (TPSA) is 58.0 Å². The summed E-state index contributed by atoms with van der Waals surface area (Å²) in [6.45, 7) is 4.79. The van der Waals surface area contributed by atoms with E-state index in [1.54, 1.807) is 18.7 Å².